The lowest BCUT2D eigenvalue weighted by Crippen LogP contribution is -2.40. The average molecular weight is 423 g/mol. The van der Waals surface area contributed by atoms with Crippen molar-refractivity contribution in [2.75, 3.05) is 39.8 Å². The molecule has 1 saturated heterocycles. The lowest BCUT2D eigenvalue weighted by molar-refractivity contribution is -0.130. The maximum absolute atomic E-state index is 12.7. The van der Waals surface area contributed by atoms with Crippen LogP contribution in [0.4, 0.5) is 4.79 Å². The molecule has 2 aromatic carbocycles. The first-order valence-corrected chi connectivity index (χ1v) is 11.1. The standard InChI is InChI=1S/C25H34N4O2/c1-21-9-6-7-12-23(21)20-28-15-8-16-29(18-17-28)24(30)13-14-26-25(31)27(2)19-22-10-4-3-5-11-22/h3-7,9-12H,8,13-20H2,1-2H3,(H,26,31). The van der Waals surface area contributed by atoms with Crippen molar-refractivity contribution in [3.05, 3.63) is 71.3 Å². The zero-order chi connectivity index (χ0) is 22.1. The summed E-state index contributed by atoms with van der Waals surface area (Å²) in [6.07, 6.45) is 1.31. The van der Waals surface area contributed by atoms with Gasteiger partial charge in [0.15, 0.2) is 0 Å². The van der Waals surface area contributed by atoms with E-state index in [0.717, 1.165) is 44.7 Å². The number of amides is 3. The predicted octanol–water partition coefficient (Wildman–Crippen LogP) is 3.26. The lowest BCUT2D eigenvalue weighted by Gasteiger charge is -2.23. The van der Waals surface area contributed by atoms with E-state index >= 15 is 0 Å². The van der Waals surface area contributed by atoms with E-state index in [1.807, 2.05) is 35.2 Å². The molecule has 3 rings (SSSR count). The number of carbonyl (C=O) groups excluding carboxylic acids is 2. The van der Waals surface area contributed by atoms with Gasteiger partial charge in [0.1, 0.15) is 0 Å². The molecule has 0 spiro atoms. The van der Waals surface area contributed by atoms with Gasteiger partial charge in [-0.25, -0.2) is 4.79 Å². The number of urea groups is 1. The van der Waals surface area contributed by atoms with Crippen LogP contribution in [0.25, 0.3) is 0 Å². The highest BCUT2D eigenvalue weighted by Crippen LogP contribution is 2.13. The number of aryl methyl sites for hydroxylation is 1. The Balaban J connectivity index is 1.38. The molecular formula is C25H34N4O2. The molecule has 1 heterocycles. The smallest absolute Gasteiger partial charge is 0.317 e. The molecule has 2 aromatic rings. The summed E-state index contributed by atoms with van der Waals surface area (Å²) in [5.74, 6) is 0.115. The van der Waals surface area contributed by atoms with E-state index in [0.29, 0.717) is 19.5 Å². The SMILES string of the molecule is Cc1ccccc1CN1CCCN(C(=O)CCNC(=O)N(C)Cc2ccccc2)CC1. The fourth-order valence-electron chi connectivity index (χ4n) is 3.91. The Labute approximate surface area is 185 Å². The number of carbonyl (C=O) groups is 2. The zero-order valence-corrected chi connectivity index (χ0v) is 18.7. The first-order valence-electron chi connectivity index (χ1n) is 11.1. The molecule has 6 heteroatoms. The van der Waals surface area contributed by atoms with Gasteiger partial charge in [0.05, 0.1) is 0 Å². The summed E-state index contributed by atoms with van der Waals surface area (Å²) in [5.41, 5.74) is 3.74. The molecule has 0 atom stereocenters. The molecule has 6 nitrogen and oxygen atoms in total. The number of nitrogens with zero attached hydrogens (tertiary/aromatic N) is 3. The monoisotopic (exact) mass is 422 g/mol. The van der Waals surface area contributed by atoms with Crippen molar-refractivity contribution in [2.24, 2.45) is 0 Å². The molecule has 0 unspecified atom stereocenters. The van der Waals surface area contributed by atoms with Crippen LogP contribution in [0.1, 0.15) is 29.5 Å². The van der Waals surface area contributed by atoms with Crippen LogP contribution in [0, 0.1) is 6.92 Å². The summed E-state index contributed by atoms with van der Waals surface area (Å²) in [4.78, 5) is 30.9. The van der Waals surface area contributed by atoms with Crippen molar-refractivity contribution in [1.82, 2.24) is 20.0 Å². The minimum atomic E-state index is -0.156. The van der Waals surface area contributed by atoms with Gasteiger partial charge in [0, 0.05) is 59.3 Å². The van der Waals surface area contributed by atoms with Gasteiger partial charge in [0.25, 0.3) is 0 Å². The summed E-state index contributed by atoms with van der Waals surface area (Å²) < 4.78 is 0. The second-order valence-corrected chi connectivity index (χ2v) is 8.26. The molecule has 0 aliphatic carbocycles. The summed E-state index contributed by atoms with van der Waals surface area (Å²) in [7, 11) is 1.77. The van der Waals surface area contributed by atoms with Gasteiger partial charge >= 0.3 is 6.03 Å². The first kappa shape index (κ1) is 22.8. The van der Waals surface area contributed by atoms with Gasteiger partial charge in [0.2, 0.25) is 5.91 Å². The van der Waals surface area contributed by atoms with E-state index in [1.165, 1.54) is 11.1 Å². The first-order chi connectivity index (χ1) is 15.0. The molecule has 0 aromatic heterocycles. The van der Waals surface area contributed by atoms with Gasteiger partial charge in [-0.1, -0.05) is 54.6 Å². The Kier molecular flexibility index (Phi) is 8.47. The molecule has 0 saturated carbocycles. The van der Waals surface area contributed by atoms with Crippen LogP contribution < -0.4 is 5.32 Å². The number of hydrogen-bond donors (Lipinski definition) is 1. The largest absolute Gasteiger partial charge is 0.341 e. The van der Waals surface area contributed by atoms with Crippen LogP contribution in [-0.2, 0) is 17.9 Å². The Morgan fingerprint density at radius 3 is 2.48 bits per heavy atom. The van der Waals surface area contributed by atoms with Crippen LogP contribution in [0.5, 0.6) is 0 Å². The molecule has 3 amide bonds. The maximum atomic E-state index is 12.7. The third-order valence-corrected chi connectivity index (χ3v) is 5.82. The molecule has 0 bridgehead atoms. The van der Waals surface area contributed by atoms with E-state index in [9.17, 15) is 9.59 Å². The van der Waals surface area contributed by atoms with Crippen LogP contribution >= 0.6 is 0 Å². The van der Waals surface area contributed by atoms with E-state index in [1.54, 1.807) is 11.9 Å². The van der Waals surface area contributed by atoms with Crippen molar-refractivity contribution >= 4 is 11.9 Å². The Bertz CT molecular complexity index is 856. The minimum absolute atomic E-state index is 0.115. The fraction of sp³-hybridized carbons (Fsp3) is 0.440. The van der Waals surface area contributed by atoms with Crippen LogP contribution in [0.15, 0.2) is 54.6 Å². The molecule has 31 heavy (non-hydrogen) atoms. The highest BCUT2D eigenvalue weighted by molar-refractivity contribution is 5.78. The van der Waals surface area contributed by atoms with Crippen LogP contribution in [-0.4, -0.2) is 66.4 Å². The Morgan fingerprint density at radius 1 is 0.968 bits per heavy atom. The van der Waals surface area contributed by atoms with Gasteiger partial charge in [-0.15, -0.1) is 0 Å². The molecule has 1 N–H and O–H groups in total. The van der Waals surface area contributed by atoms with E-state index in [2.05, 4.69) is 41.4 Å². The number of benzene rings is 2. The van der Waals surface area contributed by atoms with Crippen molar-refractivity contribution < 1.29 is 9.59 Å². The molecule has 0 radical (unpaired) electrons. The van der Waals surface area contributed by atoms with Gasteiger partial charge in [-0.2, -0.15) is 0 Å². The highest BCUT2D eigenvalue weighted by atomic mass is 16.2. The molecule has 166 valence electrons. The predicted molar refractivity (Wildman–Crippen MR) is 124 cm³/mol. The molecule has 1 fully saturated rings. The lowest BCUT2D eigenvalue weighted by atomic mass is 10.1. The third kappa shape index (κ3) is 7.10. The van der Waals surface area contributed by atoms with E-state index < -0.39 is 0 Å². The quantitative estimate of drug-likeness (QED) is 0.745. The molecule has 1 aliphatic rings. The minimum Gasteiger partial charge on any atom is -0.341 e. The summed E-state index contributed by atoms with van der Waals surface area (Å²) in [6.45, 7) is 7.39. The second-order valence-electron chi connectivity index (χ2n) is 8.26. The Morgan fingerprint density at radius 2 is 1.71 bits per heavy atom. The Hall–Kier alpha value is -2.86. The molecule has 1 aliphatic heterocycles. The number of rotatable bonds is 7. The topological polar surface area (TPSA) is 55.9 Å². The van der Waals surface area contributed by atoms with Crippen molar-refractivity contribution in [1.29, 1.82) is 0 Å². The number of hydrogen-bond acceptors (Lipinski definition) is 3. The van der Waals surface area contributed by atoms with Crippen LogP contribution in [0.3, 0.4) is 0 Å². The third-order valence-electron chi connectivity index (χ3n) is 5.82. The van der Waals surface area contributed by atoms with Crippen LogP contribution in [0.2, 0.25) is 0 Å². The summed E-state index contributed by atoms with van der Waals surface area (Å²) >= 11 is 0. The second kappa shape index (κ2) is 11.5. The maximum Gasteiger partial charge on any atom is 0.317 e. The summed E-state index contributed by atoms with van der Waals surface area (Å²) in [5, 5.41) is 2.87. The fourth-order valence-corrected chi connectivity index (χ4v) is 3.91. The average Bonchev–Trinajstić information content (AvgIpc) is 3.01. The number of nitrogens with one attached hydrogen (secondary N) is 1. The highest BCUT2D eigenvalue weighted by Gasteiger charge is 2.19. The molecular weight excluding hydrogens is 388 g/mol. The van der Waals surface area contributed by atoms with Gasteiger partial charge in [-0.3, -0.25) is 9.69 Å². The van der Waals surface area contributed by atoms with Crippen molar-refractivity contribution in [3.63, 3.8) is 0 Å². The zero-order valence-electron chi connectivity index (χ0n) is 18.7. The van der Waals surface area contributed by atoms with Gasteiger partial charge in [-0.05, 0) is 30.0 Å². The van der Waals surface area contributed by atoms with E-state index in [-0.39, 0.29) is 11.9 Å². The van der Waals surface area contributed by atoms with Crippen molar-refractivity contribution in [3.8, 4) is 0 Å². The summed E-state index contributed by atoms with van der Waals surface area (Å²) in [6, 6.07) is 18.2. The van der Waals surface area contributed by atoms with Crippen molar-refractivity contribution in [2.45, 2.75) is 32.9 Å². The van der Waals surface area contributed by atoms with E-state index in [4.69, 9.17) is 0 Å². The van der Waals surface area contributed by atoms with Gasteiger partial charge < -0.3 is 15.1 Å². The normalized spacial score (nSPS) is 14.7.